The van der Waals surface area contributed by atoms with Crippen molar-refractivity contribution < 1.29 is 14.6 Å². The third-order valence-corrected chi connectivity index (χ3v) is 9.25. The van der Waals surface area contributed by atoms with Crippen LogP contribution in [0.3, 0.4) is 0 Å². The minimum atomic E-state index is -0.417. The third kappa shape index (κ3) is 1.91. The van der Waals surface area contributed by atoms with E-state index in [2.05, 4.69) is 20.8 Å². The summed E-state index contributed by atoms with van der Waals surface area (Å²) in [5.74, 6) is 1.53. The van der Waals surface area contributed by atoms with Gasteiger partial charge in [0, 0.05) is 0 Å². The van der Waals surface area contributed by atoms with Gasteiger partial charge in [-0.25, -0.2) is 0 Å². The van der Waals surface area contributed by atoms with Crippen molar-refractivity contribution in [2.24, 2.45) is 34.0 Å². The first-order valence-electron chi connectivity index (χ1n) is 10.0. The van der Waals surface area contributed by atoms with Gasteiger partial charge in [-0.15, -0.1) is 0 Å². The lowest BCUT2D eigenvalue weighted by Gasteiger charge is -2.64. The average molecular weight is 335 g/mol. The predicted molar refractivity (Wildman–Crippen MR) is 93.3 cm³/mol. The number of hydrogen-bond donors (Lipinski definition) is 1. The second kappa shape index (κ2) is 4.99. The molecule has 0 heterocycles. The van der Waals surface area contributed by atoms with Gasteiger partial charge in [0.15, 0.2) is 0 Å². The molecule has 4 rings (SSSR count). The molecule has 0 aromatic rings. The molecule has 2 bridgehead atoms. The van der Waals surface area contributed by atoms with Crippen molar-refractivity contribution in [2.75, 3.05) is 7.11 Å². The second-order valence-electron chi connectivity index (χ2n) is 10.2. The molecule has 0 saturated heterocycles. The van der Waals surface area contributed by atoms with Crippen LogP contribution in [0, 0.1) is 34.0 Å². The Labute approximate surface area is 146 Å². The summed E-state index contributed by atoms with van der Waals surface area (Å²) in [7, 11) is 1.54. The summed E-state index contributed by atoms with van der Waals surface area (Å²) < 4.78 is 5.24. The quantitative estimate of drug-likeness (QED) is 0.726. The van der Waals surface area contributed by atoms with Gasteiger partial charge in [0.25, 0.3) is 0 Å². The molecule has 136 valence electrons. The van der Waals surface area contributed by atoms with Crippen LogP contribution in [0.25, 0.3) is 0 Å². The Morgan fingerprint density at radius 2 is 1.79 bits per heavy atom. The van der Waals surface area contributed by atoms with E-state index in [9.17, 15) is 9.90 Å². The highest BCUT2D eigenvalue weighted by molar-refractivity contribution is 5.77. The van der Waals surface area contributed by atoms with E-state index < -0.39 is 5.60 Å². The maximum atomic E-state index is 12.6. The normalized spacial score (nSPS) is 56.3. The number of methoxy groups -OCH3 is 1. The van der Waals surface area contributed by atoms with Crippen molar-refractivity contribution in [3.05, 3.63) is 0 Å². The van der Waals surface area contributed by atoms with Crippen molar-refractivity contribution in [2.45, 2.75) is 84.2 Å². The lowest BCUT2D eigenvalue weighted by molar-refractivity contribution is -0.189. The molecule has 0 aromatic carbocycles. The van der Waals surface area contributed by atoms with Crippen LogP contribution in [-0.2, 0) is 9.53 Å². The maximum absolute atomic E-state index is 12.6. The molecule has 0 unspecified atom stereocenters. The Morgan fingerprint density at radius 1 is 1.08 bits per heavy atom. The fourth-order valence-corrected chi connectivity index (χ4v) is 8.24. The first-order valence-corrected chi connectivity index (χ1v) is 10.0. The summed E-state index contributed by atoms with van der Waals surface area (Å²) in [5.41, 5.74) is -0.182. The molecule has 0 radical (unpaired) electrons. The summed E-state index contributed by atoms with van der Waals surface area (Å²) in [5, 5.41) is 11.1. The Kier molecular flexibility index (Phi) is 3.51. The summed E-state index contributed by atoms with van der Waals surface area (Å²) >= 11 is 0. The van der Waals surface area contributed by atoms with Crippen molar-refractivity contribution in [1.82, 2.24) is 0 Å². The molecule has 7 atom stereocenters. The molecule has 4 fully saturated rings. The number of rotatable bonds is 1. The van der Waals surface area contributed by atoms with Gasteiger partial charge in [0.2, 0.25) is 0 Å². The summed E-state index contributed by atoms with van der Waals surface area (Å²) in [6.07, 6.45) is 9.95. The molecule has 3 nitrogen and oxygen atoms in total. The zero-order valence-electron chi connectivity index (χ0n) is 15.9. The van der Waals surface area contributed by atoms with E-state index in [-0.39, 0.29) is 16.8 Å². The van der Waals surface area contributed by atoms with E-state index >= 15 is 0 Å². The third-order valence-electron chi connectivity index (χ3n) is 9.25. The molecular weight excluding hydrogens is 300 g/mol. The van der Waals surface area contributed by atoms with Crippen LogP contribution in [0.5, 0.6) is 0 Å². The van der Waals surface area contributed by atoms with Gasteiger partial charge >= 0.3 is 5.97 Å². The van der Waals surface area contributed by atoms with Crippen molar-refractivity contribution in [1.29, 1.82) is 0 Å². The molecule has 1 N–H and O–H groups in total. The largest absolute Gasteiger partial charge is 0.469 e. The Hall–Kier alpha value is -0.570. The van der Waals surface area contributed by atoms with Crippen LogP contribution in [0.15, 0.2) is 0 Å². The highest BCUT2D eigenvalue weighted by Crippen LogP contribution is 2.73. The van der Waals surface area contributed by atoms with Gasteiger partial charge in [-0.3, -0.25) is 4.79 Å². The van der Waals surface area contributed by atoms with E-state index in [0.29, 0.717) is 23.2 Å². The van der Waals surface area contributed by atoms with Gasteiger partial charge in [-0.1, -0.05) is 20.3 Å². The Balaban J connectivity index is 1.72. The van der Waals surface area contributed by atoms with Crippen LogP contribution in [0.1, 0.15) is 78.6 Å². The zero-order valence-corrected chi connectivity index (χ0v) is 15.9. The molecule has 4 aliphatic carbocycles. The van der Waals surface area contributed by atoms with Crippen molar-refractivity contribution >= 4 is 5.97 Å². The van der Waals surface area contributed by atoms with Crippen LogP contribution in [0.4, 0.5) is 0 Å². The van der Waals surface area contributed by atoms with Gasteiger partial charge in [-0.05, 0) is 86.9 Å². The Morgan fingerprint density at radius 3 is 2.50 bits per heavy atom. The van der Waals surface area contributed by atoms with E-state index in [1.165, 1.54) is 19.3 Å². The molecule has 0 aliphatic heterocycles. The smallest absolute Gasteiger partial charge is 0.311 e. The highest BCUT2D eigenvalue weighted by atomic mass is 16.5. The van der Waals surface area contributed by atoms with E-state index in [0.717, 1.165) is 38.5 Å². The van der Waals surface area contributed by atoms with Crippen LogP contribution < -0.4 is 0 Å². The number of fused-ring (bicyclic) bond motifs is 3. The zero-order chi connectivity index (χ0) is 17.4. The minimum absolute atomic E-state index is 0.00137. The second-order valence-corrected chi connectivity index (χ2v) is 10.2. The van der Waals surface area contributed by atoms with Crippen LogP contribution in [0.2, 0.25) is 0 Å². The first kappa shape index (κ1) is 16.9. The highest BCUT2D eigenvalue weighted by Gasteiger charge is 2.68. The summed E-state index contributed by atoms with van der Waals surface area (Å²) in [4.78, 5) is 12.6. The number of aliphatic hydroxyl groups is 1. The Bertz CT molecular complexity index is 559. The van der Waals surface area contributed by atoms with Gasteiger partial charge in [-0.2, -0.15) is 0 Å². The topological polar surface area (TPSA) is 46.5 Å². The number of hydrogen-bond acceptors (Lipinski definition) is 3. The molecule has 4 aliphatic rings. The molecule has 0 aromatic heterocycles. The van der Waals surface area contributed by atoms with Crippen LogP contribution >= 0.6 is 0 Å². The summed E-state index contributed by atoms with van der Waals surface area (Å²) in [6.45, 7) is 6.89. The van der Waals surface area contributed by atoms with Crippen molar-refractivity contribution in [3.63, 3.8) is 0 Å². The monoisotopic (exact) mass is 334 g/mol. The molecular formula is C21H34O3. The molecule has 0 amide bonds. The lowest BCUT2D eigenvalue weighted by atomic mass is 9.41. The van der Waals surface area contributed by atoms with Gasteiger partial charge in [0.05, 0.1) is 18.1 Å². The molecule has 4 saturated carbocycles. The molecule has 3 heteroatoms. The van der Waals surface area contributed by atoms with Gasteiger partial charge < -0.3 is 9.84 Å². The van der Waals surface area contributed by atoms with Crippen molar-refractivity contribution in [3.8, 4) is 0 Å². The molecule has 24 heavy (non-hydrogen) atoms. The summed E-state index contributed by atoms with van der Waals surface area (Å²) in [6, 6.07) is 0. The minimum Gasteiger partial charge on any atom is -0.469 e. The first-order chi connectivity index (χ1) is 11.2. The maximum Gasteiger partial charge on any atom is 0.311 e. The SMILES string of the molecule is COC(=O)[C@]1(C)CCC[C@@]2(C)[C@H]1CC[C@@]13C[C@@H](C)[C@@](O)(CC[C@@H]12)C3. The number of carbonyl (C=O) groups is 1. The number of ether oxygens (including phenoxy) is 1. The lowest BCUT2D eigenvalue weighted by Crippen LogP contribution is -2.59. The predicted octanol–water partition coefficient (Wildman–Crippen LogP) is 4.32. The standard InChI is InChI=1S/C21H34O3/c1-14-12-20-10-6-15-18(2,16(20)7-11-21(14,23)13-20)8-5-9-19(15,3)17(22)24-4/h14-16,23H,5-13H2,1-4H3/t14-,15-,16-,18+,19-,20+,21-/m1/s1. The number of esters is 1. The van der Waals surface area contributed by atoms with Gasteiger partial charge in [0.1, 0.15) is 0 Å². The van der Waals surface area contributed by atoms with E-state index in [1.54, 1.807) is 7.11 Å². The van der Waals surface area contributed by atoms with E-state index in [4.69, 9.17) is 4.74 Å². The average Bonchev–Trinajstić information content (AvgIpc) is 2.70. The van der Waals surface area contributed by atoms with Crippen LogP contribution in [-0.4, -0.2) is 23.8 Å². The fourth-order valence-electron chi connectivity index (χ4n) is 8.24. The molecule has 1 spiro atoms. The van der Waals surface area contributed by atoms with E-state index in [1.807, 2.05) is 0 Å². The fraction of sp³-hybridized carbons (Fsp3) is 0.952. The number of carbonyl (C=O) groups excluding carboxylic acids is 1.